The third-order valence-corrected chi connectivity index (χ3v) is 3.66. The van der Waals surface area contributed by atoms with Crippen molar-refractivity contribution in [3.63, 3.8) is 0 Å². The summed E-state index contributed by atoms with van der Waals surface area (Å²) in [6.07, 6.45) is 8.25. The van der Waals surface area contributed by atoms with E-state index >= 15 is 0 Å². The summed E-state index contributed by atoms with van der Waals surface area (Å²) in [6, 6.07) is 0.674. The molecule has 1 N–H and O–H groups in total. The molecule has 3 heteroatoms. The van der Waals surface area contributed by atoms with E-state index in [0.29, 0.717) is 18.2 Å². The van der Waals surface area contributed by atoms with Crippen LogP contribution in [0.2, 0.25) is 0 Å². The van der Waals surface area contributed by atoms with Gasteiger partial charge in [-0.1, -0.05) is 6.92 Å². The van der Waals surface area contributed by atoms with Gasteiger partial charge in [-0.05, 0) is 45.1 Å². The number of hydrogen-bond donors (Lipinski definition) is 1. The summed E-state index contributed by atoms with van der Waals surface area (Å²) in [6.45, 7) is 4.99. The van der Waals surface area contributed by atoms with Gasteiger partial charge < -0.3 is 14.8 Å². The van der Waals surface area contributed by atoms with E-state index in [0.717, 1.165) is 19.8 Å². The van der Waals surface area contributed by atoms with Gasteiger partial charge in [-0.25, -0.2) is 0 Å². The average Bonchev–Trinajstić information content (AvgIpc) is 2.80. The Kier molecular flexibility index (Phi) is 5.07. The molecule has 0 spiro atoms. The molecule has 1 heterocycles. The van der Waals surface area contributed by atoms with Crippen molar-refractivity contribution in [2.45, 2.75) is 63.7 Å². The molecule has 1 saturated heterocycles. The Bertz CT molecular complexity index is 190. The summed E-state index contributed by atoms with van der Waals surface area (Å²) in [7, 11) is 0. The fraction of sp³-hybridized carbons (Fsp3) is 1.00. The Labute approximate surface area is 98.9 Å². The number of rotatable bonds is 5. The van der Waals surface area contributed by atoms with Crippen LogP contribution in [0, 0.1) is 0 Å². The van der Waals surface area contributed by atoms with Gasteiger partial charge in [0, 0.05) is 12.6 Å². The van der Waals surface area contributed by atoms with Crippen LogP contribution in [0.3, 0.4) is 0 Å². The van der Waals surface area contributed by atoms with Crippen LogP contribution in [0.15, 0.2) is 0 Å². The molecular weight excluding hydrogens is 202 g/mol. The molecule has 0 amide bonds. The van der Waals surface area contributed by atoms with Crippen LogP contribution in [0.25, 0.3) is 0 Å². The van der Waals surface area contributed by atoms with Crippen LogP contribution >= 0.6 is 0 Å². The van der Waals surface area contributed by atoms with E-state index in [1.807, 2.05) is 0 Å². The Hall–Kier alpha value is -0.120. The number of hydrogen-bond acceptors (Lipinski definition) is 3. The zero-order chi connectivity index (χ0) is 11.2. The van der Waals surface area contributed by atoms with Crippen molar-refractivity contribution in [1.29, 1.82) is 0 Å². The predicted molar refractivity (Wildman–Crippen MR) is 64.6 cm³/mol. The molecule has 1 aliphatic heterocycles. The van der Waals surface area contributed by atoms with Gasteiger partial charge >= 0.3 is 0 Å². The second-order valence-corrected chi connectivity index (χ2v) is 5.01. The van der Waals surface area contributed by atoms with Crippen molar-refractivity contribution < 1.29 is 9.47 Å². The van der Waals surface area contributed by atoms with Crippen LogP contribution in [0.4, 0.5) is 0 Å². The third-order valence-electron chi connectivity index (χ3n) is 3.66. The lowest BCUT2D eigenvalue weighted by Gasteiger charge is -2.30. The molecule has 16 heavy (non-hydrogen) atoms. The maximum atomic E-state index is 5.98. The molecule has 3 unspecified atom stereocenters. The van der Waals surface area contributed by atoms with Crippen LogP contribution in [-0.4, -0.2) is 38.0 Å². The summed E-state index contributed by atoms with van der Waals surface area (Å²) < 4.78 is 11.6. The standard InChI is InChI=1S/C13H25NO2/c1-2-14-11-5-3-6-12(9-11)16-10-13-7-4-8-15-13/h11-14H,2-10H2,1H3. The Balaban J connectivity index is 1.64. The molecule has 0 aromatic rings. The molecule has 2 rings (SSSR count). The SMILES string of the molecule is CCNC1CCCC(OCC2CCCO2)C1. The van der Waals surface area contributed by atoms with Gasteiger partial charge in [-0.3, -0.25) is 0 Å². The molecule has 0 radical (unpaired) electrons. The highest BCUT2D eigenvalue weighted by molar-refractivity contribution is 4.78. The fourth-order valence-corrected chi connectivity index (χ4v) is 2.79. The van der Waals surface area contributed by atoms with Gasteiger partial charge in [0.15, 0.2) is 0 Å². The Morgan fingerprint density at radius 3 is 2.94 bits per heavy atom. The Morgan fingerprint density at radius 1 is 1.25 bits per heavy atom. The largest absolute Gasteiger partial charge is 0.376 e. The van der Waals surface area contributed by atoms with Gasteiger partial charge in [0.25, 0.3) is 0 Å². The van der Waals surface area contributed by atoms with Crippen molar-refractivity contribution in [2.75, 3.05) is 19.8 Å². The molecule has 94 valence electrons. The van der Waals surface area contributed by atoms with E-state index in [-0.39, 0.29) is 0 Å². The number of ether oxygens (including phenoxy) is 2. The lowest BCUT2D eigenvalue weighted by atomic mass is 9.93. The maximum Gasteiger partial charge on any atom is 0.0809 e. The van der Waals surface area contributed by atoms with E-state index in [1.54, 1.807) is 0 Å². The minimum atomic E-state index is 0.375. The van der Waals surface area contributed by atoms with Gasteiger partial charge in [0.2, 0.25) is 0 Å². The molecule has 0 bridgehead atoms. The molecule has 3 nitrogen and oxygen atoms in total. The lowest BCUT2D eigenvalue weighted by Crippen LogP contribution is -2.37. The van der Waals surface area contributed by atoms with Gasteiger partial charge in [0.1, 0.15) is 0 Å². The highest BCUT2D eigenvalue weighted by Gasteiger charge is 2.23. The molecule has 1 aliphatic carbocycles. The lowest BCUT2D eigenvalue weighted by molar-refractivity contribution is -0.0366. The normalized spacial score (nSPS) is 35.4. The third kappa shape index (κ3) is 3.72. The van der Waals surface area contributed by atoms with Crippen molar-refractivity contribution in [3.8, 4) is 0 Å². The van der Waals surface area contributed by atoms with Crippen molar-refractivity contribution in [3.05, 3.63) is 0 Å². The molecule has 0 aromatic carbocycles. The minimum absolute atomic E-state index is 0.375. The first-order valence-electron chi connectivity index (χ1n) is 6.85. The van der Waals surface area contributed by atoms with E-state index in [4.69, 9.17) is 9.47 Å². The quantitative estimate of drug-likeness (QED) is 0.780. The van der Waals surface area contributed by atoms with Crippen molar-refractivity contribution in [1.82, 2.24) is 5.32 Å². The van der Waals surface area contributed by atoms with E-state index in [2.05, 4.69) is 12.2 Å². The first-order valence-corrected chi connectivity index (χ1v) is 6.85. The first-order chi connectivity index (χ1) is 7.88. The minimum Gasteiger partial charge on any atom is -0.376 e. The van der Waals surface area contributed by atoms with Crippen molar-refractivity contribution in [2.24, 2.45) is 0 Å². The molecular formula is C13H25NO2. The molecule has 1 saturated carbocycles. The van der Waals surface area contributed by atoms with Crippen molar-refractivity contribution >= 4 is 0 Å². The second kappa shape index (κ2) is 6.58. The second-order valence-electron chi connectivity index (χ2n) is 5.01. The van der Waals surface area contributed by atoms with Crippen LogP contribution in [-0.2, 0) is 9.47 Å². The molecule has 2 fully saturated rings. The maximum absolute atomic E-state index is 5.98. The topological polar surface area (TPSA) is 30.5 Å². The van der Waals surface area contributed by atoms with Gasteiger partial charge in [-0.2, -0.15) is 0 Å². The molecule has 2 aliphatic rings. The highest BCUT2D eigenvalue weighted by atomic mass is 16.5. The summed E-state index contributed by atoms with van der Waals surface area (Å²) in [5.41, 5.74) is 0. The predicted octanol–water partition coefficient (Wildman–Crippen LogP) is 2.10. The summed E-state index contributed by atoms with van der Waals surface area (Å²) in [4.78, 5) is 0. The average molecular weight is 227 g/mol. The summed E-state index contributed by atoms with van der Waals surface area (Å²) in [5, 5.41) is 3.53. The van der Waals surface area contributed by atoms with Crippen LogP contribution in [0.1, 0.15) is 45.4 Å². The van der Waals surface area contributed by atoms with E-state index in [9.17, 15) is 0 Å². The molecule has 0 aromatic heterocycles. The number of nitrogens with one attached hydrogen (secondary N) is 1. The first kappa shape index (κ1) is 12.3. The smallest absolute Gasteiger partial charge is 0.0809 e. The highest BCUT2D eigenvalue weighted by Crippen LogP contribution is 2.22. The van der Waals surface area contributed by atoms with E-state index in [1.165, 1.54) is 38.5 Å². The van der Waals surface area contributed by atoms with Gasteiger partial charge in [0.05, 0.1) is 18.8 Å². The monoisotopic (exact) mass is 227 g/mol. The zero-order valence-electron chi connectivity index (χ0n) is 10.4. The zero-order valence-corrected chi connectivity index (χ0v) is 10.4. The van der Waals surface area contributed by atoms with Gasteiger partial charge in [-0.15, -0.1) is 0 Å². The van der Waals surface area contributed by atoms with E-state index < -0.39 is 0 Å². The summed E-state index contributed by atoms with van der Waals surface area (Å²) in [5.74, 6) is 0. The summed E-state index contributed by atoms with van der Waals surface area (Å²) >= 11 is 0. The van der Waals surface area contributed by atoms with Crippen LogP contribution in [0.5, 0.6) is 0 Å². The Morgan fingerprint density at radius 2 is 2.19 bits per heavy atom. The fourth-order valence-electron chi connectivity index (χ4n) is 2.79. The molecule has 3 atom stereocenters. The van der Waals surface area contributed by atoms with Crippen LogP contribution < -0.4 is 5.32 Å².